The monoisotopic (exact) mass is 989 g/mol. The van der Waals surface area contributed by atoms with E-state index in [9.17, 15) is 65.4 Å². The normalized spacial score (nSPS) is 16.7. The summed E-state index contributed by atoms with van der Waals surface area (Å²) >= 11 is 0. The summed E-state index contributed by atoms with van der Waals surface area (Å²) in [4.78, 5) is 9.41. The van der Waals surface area contributed by atoms with Crippen molar-refractivity contribution < 1.29 is 89.9 Å². The van der Waals surface area contributed by atoms with Crippen LogP contribution in [0.15, 0.2) is 131 Å². The quantitative estimate of drug-likeness (QED) is 0.0283. The van der Waals surface area contributed by atoms with Crippen LogP contribution in [0.2, 0.25) is 0 Å². The molecule has 0 N–H and O–H groups in total. The van der Waals surface area contributed by atoms with E-state index in [0.717, 1.165) is 24.3 Å². The number of rotatable bonds is 19. The summed E-state index contributed by atoms with van der Waals surface area (Å²) in [5, 5.41) is 12.2. The summed E-state index contributed by atoms with van der Waals surface area (Å²) in [6.45, 7) is 0. The van der Waals surface area contributed by atoms with E-state index >= 15 is 0 Å². The Morgan fingerprint density at radius 2 is 1.26 bits per heavy atom. The molecule has 2 atom stereocenters. The van der Waals surface area contributed by atoms with Crippen LogP contribution < -0.4 is 21.6 Å². The Morgan fingerprint density at radius 3 is 1.79 bits per heavy atom. The van der Waals surface area contributed by atoms with E-state index in [4.69, 9.17) is 25.8 Å². The van der Waals surface area contributed by atoms with Gasteiger partial charge in [-0.3, -0.25) is 10.1 Å². The molecule has 0 saturated heterocycles. The second-order valence-electron chi connectivity index (χ2n) is 12.1. The largest absolute Gasteiger partial charge is 0.523 e. The molecule has 1 aliphatic carbocycles. The Labute approximate surface area is 352 Å². The van der Waals surface area contributed by atoms with Gasteiger partial charge in [-0.15, -0.1) is 0 Å². The number of para-hydroxylation sites is 1. The molecule has 0 aromatic heterocycles. The Hall–Kier alpha value is -5.35. The molecule has 5 rings (SSSR count). The predicted octanol–water partition coefficient (Wildman–Crippen LogP) is 5.42. The first-order valence-electron chi connectivity index (χ1n) is 16.4. The van der Waals surface area contributed by atoms with E-state index in [1.54, 1.807) is 6.07 Å². The Bertz CT molecular complexity index is 2940. The SMILES string of the molecule is CS(=O)(=O)Oc1c(OP(Oc2ccccc2)OS(=O)(=O)C(F)(F)F)ccc(OS(=O)(=O)c2ccccc2)c1OS(=O)(=O)C1=CCC(OS(=O)(=O)Cc2ccccc2)([N+](=O)[O-])C=C1. The summed E-state index contributed by atoms with van der Waals surface area (Å²) < 4.78 is 204. The standard InChI is InChI=1S/C33H27F3NO19PS5/c1-58(40,41)53-30-28(51-57(50-25-13-7-3-8-14-25)56-62(48,49)33(34,35)36)17-18-29(52-60(44,45)26-15-9-4-10-16-26)31(30)54-61(46,47)27-19-21-32(22-20-27,37(38)39)55-59(42,43)23-24-11-5-2-6-12-24/h2-21H,22-23H2,1H3. The van der Waals surface area contributed by atoms with Gasteiger partial charge in [0, 0.05) is 6.08 Å². The molecular formula is C33H27F3NO19PS5. The number of alkyl halides is 3. The topological polar surface area (TPSA) is 278 Å². The fourth-order valence-electron chi connectivity index (χ4n) is 4.74. The highest BCUT2D eigenvalue weighted by molar-refractivity contribution is 7.91. The number of nitrogens with zero attached hydrogens (tertiary/aromatic N) is 1. The zero-order chi connectivity index (χ0) is 45.8. The highest BCUT2D eigenvalue weighted by Crippen LogP contribution is 2.53. The molecule has 1 aliphatic rings. The van der Waals surface area contributed by atoms with Gasteiger partial charge in [0.1, 0.15) is 21.3 Å². The maximum Gasteiger partial charge on any atom is 0.523 e. The van der Waals surface area contributed by atoms with Crippen LogP contribution in [0.25, 0.3) is 0 Å². The van der Waals surface area contributed by atoms with Gasteiger partial charge in [0.2, 0.25) is 11.5 Å². The van der Waals surface area contributed by atoms with Gasteiger partial charge in [-0.25, -0.2) is 0 Å². The van der Waals surface area contributed by atoms with Crippen molar-refractivity contribution in [3.63, 3.8) is 0 Å². The minimum atomic E-state index is -6.57. The van der Waals surface area contributed by atoms with Crippen LogP contribution in [-0.4, -0.2) is 64.5 Å². The summed E-state index contributed by atoms with van der Waals surface area (Å²) in [5.41, 5.74) is -8.83. The zero-order valence-corrected chi connectivity index (χ0v) is 35.8. The van der Waals surface area contributed by atoms with Gasteiger partial charge in [-0.2, -0.15) is 63.4 Å². The third-order valence-electron chi connectivity index (χ3n) is 7.40. The van der Waals surface area contributed by atoms with Crippen molar-refractivity contribution in [2.75, 3.05) is 6.26 Å². The maximum absolute atomic E-state index is 13.9. The van der Waals surface area contributed by atoms with Crippen LogP contribution in [-0.2, 0) is 64.5 Å². The van der Waals surface area contributed by atoms with Crippen LogP contribution in [0.4, 0.5) is 13.2 Å². The molecule has 0 heterocycles. The molecule has 334 valence electrons. The molecule has 0 aliphatic heterocycles. The van der Waals surface area contributed by atoms with Gasteiger partial charge >= 0.3 is 60.3 Å². The van der Waals surface area contributed by atoms with Crippen LogP contribution in [0.1, 0.15) is 12.0 Å². The second kappa shape index (κ2) is 18.2. The van der Waals surface area contributed by atoms with E-state index in [1.807, 2.05) is 0 Å². The second-order valence-corrected chi connectivity index (χ2v) is 21.1. The number of allylic oxidation sites excluding steroid dienone is 1. The fourth-order valence-corrected chi connectivity index (χ4v) is 10.3. The molecule has 4 aromatic rings. The maximum atomic E-state index is 13.9. The number of benzene rings is 4. The fraction of sp³-hybridized carbons (Fsp3) is 0.152. The first-order valence-corrected chi connectivity index (χ1v) is 25.2. The van der Waals surface area contributed by atoms with E-state index < -0.39 is 120 Å². The lowest BCUT2D eigenvalue weighted by molar-refractivity contribution is -0.598. The summed E-state index contributed by atoms with van der Waals surface area (Å²) in [6.07, 6.45) is 0.685. The van der Waals surface area contributed by atoms with E-state index in [2.05, 4.69) is 3.97 Å². The van der Waals surface area contributed by atoms with E-state index in [1.165, 1.54) is 60.7 Å². The molecule has 0 spiro atoms. The average Bonchev–Trinajstić information content (AvgIpc) is 3.16. The van der Waals surface area contributed by atoms with Crippen LogP contribution in [0, 0.1) is 10.1 Å². The molecule has 0 saturated carbocycles. The van der Waals surface area contributed by atoms with Crippen molar-refractivity contribution in [1.29, 1.82) is 0 Å². The van der Waals surface area contributed by atoms with Crippen LogP contribution >= 0.6 is 8.60 Å². The van der Waals surface area contributed by atoms with Gasteiger partial charge < -0.3 is 21.6 Å². The molecule has 0 bridgehead atoms. The summed E-state index contributed by atoms with van der Waals surface area (Å²) in [7, 11) is -30.7. The minimum Gasteiger partial charge on any atom is -0.417 e. The summed E-state index contributed by atoms with van der Waals surface area (Å²) in [5.74, 6) is -6.70. The molecule has 4 aromatic carbocycles. The number of hydrogen-bond acceptors (Lipinski definition) is 19. The van der Waals surface area contributed by atoms with Crippen LogP contribution in [0.3, 0.4) is 0 Å². The van der Waals surface area contributed by atoms with Gasteiger partial charge in [0.25, 0.3) is 10.1 Å². The number of halogens is 3. The molecule has 0 fully saturated rings. The highest BCUT2D eigenvalue weighted by atomic mass is 32.2. The molecule has 62 heavy (non-hydrogen) atoms. The smallest absolute Gasteiger partial charge is 0.417 e. The minimum absolute atomic E-state index is 0.177. The van der Waals surface area contributed by atoms with E-state index in [0.29, 0.717) is 36.6 Å². The first kappa shape index (κ1) is 47.7. The van der Waals surface area contributed by atoms with Crippen molar-refractivity contribution in [3.8, 4) is 28.7 Å². The van der Waals surface area contributed by atoms with Crippen molar-refractivity contribution >= 4 is 59.2 Å². The van der Waals surface area contributed by atoms with Crippen molar-refractivity contribution in [3.05, 3.63) is 142 Å². The molecular weight excluding hydrogens is 963 g/mol. The highest BCUT2D eigenvalue weighted by Gasteiger charge is 2.51. The third-order valence-corrected chi connectivity index (χ3v) is 14.2. The van der Waals surface area contributed by atoms with Gasteiger partial charge in [0.15, 0.2) is 11.5 Å². The van der Waals surface area contributed by atoms with Gasteiger partial charge in [-0.1, -0.05) is 72.8 Å². The number of nitro groups is 1. The van der Waals surface area contributed by atoms with Gasteiger partial charge in [-0.05, 0) is 48.0 Å². The van der Waals surface area contributed by atoms with Crippen molar-refractivity contribution in [2.45, 2.75) is 28.3 Å². The van der Waals surface area contributed by atoms with Gasteiger partial charge in [0.05, 0.1) is 17.6 Å². The Morgan fingerprint density at radius 1 is 0.710 bits per heavy atom. The first-order chi connectivity index (χ1) is 28.7. The van der Waals surface area contributed by atoms with Crippen LogP contribution in [0.5, 0.6) is 28.7 Å². The lowest BCUT2D eigenvalue weighted by Crippen LogP contribution is -2.42. The molecule has 0 amide bonds. The third kappa shape index (κ3) is 12.2. The average molecular weight is 990 g/mol. The molecule has 29 heteroatoms. The van der Waals surface area contributed by atoms with Crippen molar-refractivity contribution in [1.82, 2.24) is 0 Å². The lowest BCUT2D eigenvalue weighted by atomic mass is 10.1. The molecule has 2 unspecified atom stereocenters. The van der Waals surface area contributed by atoms with Crippen molar-refractivity contribution in [2.24, 2.45) is 0 Å². The zero-order valence-electron chi connectivity index (χ0n) is 30.8. The van der Waals surface area contributed by atoms with E-state index in [-0.39, 0.29) is 11.3 Å². The lowest BCUT2D eigenvalue weighted by Gasteiger charge is -2.24. The molecule has 0 radical (unpaired) electrons. The molecule has 20 nitrogen and oxygen atoms in total. The summed E-state index contributed by atoms with van der Waals surface area (Å²) in [6, 6.07) is 20.5. The number of hydrogen-bond donors (Lipinski definition) is 0. The predicted molar refractivity (Wildman–Crippen MR) is 208 cm³/mol. The Kier molecular flexibility index (Phi) is 14.0. The Balaban J connectivity index is 1.61.